The van der Waals surface area contributed by atoms with Crippen molar-refractivity contribution in [1.82, 2.24) is 0 Å². The predicted molar refractivity (Wildman–Crippen MR) is 115 cm³/mol. The number of unbranched alkanes of at least 4 members (excludes halogenated alkanes) is 3. The van der Waals surface area contributed by atoms with Crippen molar-refractivity contribution in [3.05, 3.63) is 0 Å². The summed E-state index contributed by atoms with van der Waals surface area (Å²) in [6, 6.07) is 0. The molecule has 0 aliphatic heterocycles. The van der Waals surface area contributed by atoms with Crippen molar-refractivity contribution in [3.63, 3.8) is 0 Å². The van der Waals surface area contributed by atoms with Gasteiger partial charge in [0.25, 0.3) is 0 Å². The van der Waals surface area contributed by atoms with Crippen LogP contribution >= 0.6 is 0 Å². The van der Waals surface area contributed by atoms with Gasteiger partial charge < -0.3 is 29.7 Å². The minimum atomic E-state index is -0.893. The van der Waals surface area contributed by atoms with Crippen molar-refractivity contribution in [2.45, 2.75) is 119 Å². The number of carbonyl (C=O) groups excluding carboxylic acids is 3. The summed E-state index contributed by atoms with van der Waals surface area (Å²) in [6.07, 6.45) is 10.6. The molecule has 3 atom stereocenters. The molecule has 0 aromatic heterocycles. The third-order valence-corrected chi connectivity index (χ3v) is 5.20. The fraction of sp³-hybridized carbons (Fsp3) is 0.875. The average molecular weight is 485 g/mol. The van der Waals surface area contributed by atoms with Crippen LogP contribution in [0.5, 0.6) is 0 Å². The first-order valence-corrected chi connectivity index (χ1v) is 11.8. The molecule has 7 heteroatoms. The first kappa shape index (κ1) is 37.3. The van der Waals surface area contributed by atoms with Crippen LogP contribution in [0.1, 0.15) is 119 Å². The van der Waals surface area contributed by atoms with Crippen molar-refractivity contribution >= 4 is 17.9 Å². The van der Waals surface area contributed by atoms with E-state index in [4.69, 9.17) is 0 Å². The molecule has 186 valence electrons. The summed E-state index contributed by atoms with van der Waals surface area (Å²) >= 11 is 0. The summed E-state index contributed by atoms with van der Waals surface area (Å²) in [5.41, 5.74) is 0. The molecule has 3 unspecified atom stereocenters. The van der Waals surface area contributed by atoms with Crippen LogP contribution in [0.2, 0.25) is 0 Å². The summed E-state index contributed by atoms with van der Waals surface area (Å²) in [7, 11) is 0. The van der Waals surface area contributed by atoms with E-state index < -0.39 is 17.9 Å². The van der Waals surface area contributed by atoms with E-state index in [9.17, 15) is 29.7 Å². The minimum absolute atomic E-state index is 0. The van der Waals surface area contributed by atoms with Gasteiger partial charge in [0.1, 0.15) is 0 Å². The number of carboxylic acid groups (broad SMARTS) is 3. The van der Waals surface area contributed by atoms with Gasteiger partial charge in [-0.05, 0) is 56.3 Å². The maximum Gasteiger partial charge on any atom is 2.00 e. The Labute approximate surface area is 201 Å². The Bertz CT molecular complexity index is 366. The Kier molecular flexibility index (Phi) is 32.4. The van der Waals surface area contributed by atoms with Crippen molar-refractivity contribution in [2.24, 2.45) is 17.8 Å². The Morgan fingerprint density at radius 1 is 0.516 bits per heavy atom. The van der Waals surface area contributed by atoms with Crippen LogP contribution < -0.4 is 15.3 Å². The van der Waals surface area contributed by atoms with Crippen molar-refractivity contribution in [2.75, 3.05) is 0 Å². The first-order valence-electron chi connectivity index (χ1n) is 11.8. The number of hydrogen-bond acceptors (Lipinski definition) is 6. The molecule has 0 fully saturated rings. The second kappa shape index (κ2) is 27.0. The van der Waals surface area contributed by atoms with E-state index in [2.05, 4.69) is 20.8 Å². The molecular weight excluding hydrogens is 440 g/mol. The summed E-state index contributed by atoms with van der Waals surface area (Å²) in [5.74, 6) is -3.34. The SMILES string of the molecule is CCCCC(CC)C(=O)[O-].CCCCC(CC)C(=O)[O-].CCCCC(CC)C(=O)[O-].[Fe+2]. The molecule has 0 N–H and O–H groups in total. The van der Waals surface area contributed by atoms with E-state index in [0.29, 0.717) is 19.3 Å². The molecule has 0 amide bonds. The fourth-order valence-electron chi connectivity index (χ4n) is 2.82. The van der Waals surface area contributed by atoms with Crippen molar-refractivity contribution < 1.29 is 46.8 Å². The van der Waals surface area contributed by atoms with E-state index in [0.717, 1.165) is 57.8 Å². The van der Waals surface area contributed by atoms with Gasteiger partial charge in [-0.25, -0.2) is 0 Å². The molecule has 0 saturated heterocycles. The molecule has 31 heavy (non-hydrogen) atoms. The van der Waals surface area contributed by atoms with Gasteiger partial charge in [0.05, 0.1) is 0 Å². The summed E-state index contributed by atoms with van der Waals surface area (Å²) in [4.78, 5) is 31.0. The van der Waals surface area contributed by atoms with Gasteiger partial charge in [0.15, 0.2) is 0 Å². The minimum Gasteiger partial charge on any atom is -0.550 e. The molecule has 6 nitrogen and oxygen atoms in total. The van der Waals surface area contributed by atoms with E-state index in [-0.39, 0.29) is 34.8 Å². The van der Waals surface area contributed by atoms with Crippen LogP contribution in [0.25, 0.3) is 0 Å². The molecule has 0 radical (unpaired) electrons. The predicted octanol–water partition coefficient (Wildman–Crippen LogP) is 2.86. The summed E-state index contributed by atoms with van der Waals surface area (Å²) < 4.78 is 0. The summed E-state index contributed by atoms with van der Waals surface area (Å²) in [6.45, 7) is 11.8. The Hall–Kier alpha value is -1.07. The topological polar surface area (TPSA) is 120 Å². The van der Waals surface area contributed by atoms with E-state index in [1.807, 2.05) is 20.8 Å². The molecule has 0 aromatic rings. The van der Waals surface area contributed by atoms with Gasteiger partial charge in [-0.1, -0.05) is 80.1 Å². The number of carbonyl (C=O) groups is 3. The second-order valence-electron chi connectivity index (χ2n) is 7.70. The normalized spacial score (nSPS) is 12.6. The molecule has 0 bridgehead atoms. The van der Waals surface area contributed by atoms with Crippen LogP contribution in [-0.2, 0) is 31.5 Å². The molecule has 0 aromatic carbocycles. The van der Waals surface area contributed by atoms with Crippen LogP contribution in [0, 0.1) is 17.8 Å². The van der Waals surface area contributed by atoms with Crippen LogP contribution in [0.4, 0.5) is 0 Å². The third-order valence-electron chi connectivity index (χ3n) is 5.20. The first-order chi connectivity index (χ1) is 14.2. The standard InChI is InChI=1S/3C8H16O2.Fe/c3*1-3-5-6-7(4-2)8(9)10;/h3*7H,3-6H2,1-2H3,(H,9,10);/q;;;+2/p-3. The zero-order valence-corrected chi connectivity index (χ0v) is 21.6. The van der Waals surface area contributed by atoms with Crippen LogP contribution in [0.3, 0.4) is 0 Å². The van der Waals surface area contributed by atoms with Gasteiger partial charge in [-0.15, -0.1) is 0 Å². The summed E-state index contributed by atoms with van der Waals surface area (Å²) in [5, 5.41) is 31.0. The van der Waals surface area contributed by atoms with E-state index >= 15 is 0 Å². The van der Waals surface area contributed by atoms with E-state index in [1.165, 1.54) is 0 Å². The zero-order chi connectivity index (χ0) is 23.9. The smallest absolute Gasteiger partial charge is 0.550 e. The molecule has 0 heterocycles. The molecule has 0 rings (SSSR count). The van der Waals surface area contributed by atoms with Crippen molar-refractivity contribution in [1.29, 1.82) is 0 Å². The fourth-order valence-corrected chi connectivity index (χ4v) is 2.82. The van der Waals surface area contributed by atoms with Gasteiger partial charge >= 0.3 is 17.1 Å². The van der Waals surface area contributed by atoms with Gasteiger partial charge in [0, 0.05) is 17.9 Å². The van der Waals surface area contributed by atoms with E-state index in [1.54, 1.807) is 0 Å². The Morgan fingerprint density at radius 2 is 0.710 bits per heavy atom. The third kappa shape index (κ3) is 25.1. The molecule has 0 saturated carbocycles. The Balaban J connectivity index is -0.000000174. The second-order valence-corrected chi connectivity index (χ2v) is 7.70. The number of rotatable bonds is 15. The largest absolute Gasteiger partial charge is 2.00 e. The Morgan fingerprint density at radius 3 is 0.806 bits per heavy atom. The van der Waals surface area contributed by atoms with Crippen LogP contribution in [0.15, 0.2) is 0 Å². The van der Waals surface area contributed by atoms with Crippen molar-refractivity contribution in [3.8, 4) is 0 Å². The maximum absolute atomic E-state index is 10.3. The number of aliphatic carboxylic acids is 3. The molecule has 0 aliphatic rings. The molecule has 0 spiro atoms. The monoisotopic (exact) mass is 485 g/mol. The number of carboxylic acids is 3. The zero-order valence-electron chi connectivity index (χ0n) is 20.5. The number of hydrogen-bond donors (Lipinski definition) is 0. The van der Waals surface area contributed by atoms with Gasteiger partial charge in [0.2, 0.25) is 0 Å². The maximum atomic E-state index is 10.3. The quantitative estimate of drug-likeness (QED) is 0.329. The molecular formula is C24H45FeO6-. The van der Waals surface area contributed by atoms with Crippen LogP contribution in [-0.4, -0.2) is 17.9 Å². The average Bonchev–Trinajstić information content (AvgIpc) is 2.70. The van der Waals surface area contributed by atoms with Gasteiger partial charge in [-0.3, -0.25) is 0 Å². The molecule has 0 aliphatic carbocycles. The van der Waals surface area contributed by atoms with Gasteiger partial charge in [-0.2, -0.15) is 0 Å².